The smallest absolute Gasteiger partial charge is 0.303 e. The number of carboxylic acid groups (broad SMARTS) is 1. The fourth-order valence-corrected chi connectivity index (χ4v) is 2.84. The number of nitrogens with zero attached hydrogens (tertiary/aromatic N) is 1. The van der Waals surface area contributed by atoms with E-state index in [0.29, 0.717) is 31.6 Å². The second-order valence-electron chi connectivity index (χ2n) is 5.62. The van der Waals surface area contributed by atoms with Crippen LogP contribution in [-0.4, -0.2) is 42.1 Å². The van der Waals surface area contributed by atoms with Crippen molar-refractivity contribution < 1.29 is 23.8 Å². The minimum atomic E-state index is -0.885. The Balaban J connectivity index is 2.03. The highest BCUT2D eigenvalue weighted by molar-refractivity contribution is 6.30. The second kappa shape index (κ2) is 7.75. The van der Waals surface area contributed by atoms with Crippen LogP contribution in [0.4, 0.5) is 4.39 Å². The molecule has 0 aliphatic carbocycles. The number of carbonyl (C=O) groups is 2. The molecule has 5 nitrogen and oxygen atoms in total. The number of halogens is 2. The van der Waals surface area contributed by atoms with Crippen LogP contribution in [0.1, 0.15) is 30.9 Å². The van der Waals surface area contributed by atoms with Crippen molar-refractivity contribution in [2.45, 2.75) is 25.4 Å². The van der Waals surface area contributed by atoms with Gasteiger partial charge in [-0.2, -0.15) is 0 Å². The molecule has 2 atom stereocenters. The maximum absolute atomic E-state index is 13.6. The summed E-state index contributed by atoms with van der Waals surface area (Å²) in [5.41, 5.74) is 0.585. The Morgan fingerprint density at radius 2 is 2.22 bits per heavy atom. The SMILES string of the molecule is CN(CCCC(=O)O)C(=O)[C@@H]1CCO[C@H]1c1ccc(Cl)c(F)c1. The van der Waals surface area contributed by atoms with Gasteiger partial charge in [-0.1, -0.05) is 17.7 Å². The molecule has 1 N–H and O–H groups in total. The average molecular weight is 344 g/mol. The Kier molecular flexibility index (Phi) is 5.96. The molecule has 1 amide bonds. The second-order valence-corrected chi connectivity index (χ2v) is 6.02. The van der Waals surface area contributed by atoms with Crippen LogP contribution >= 0.6 is 11.6 Å². The maximum Gasteiger partial charge on any atom is 0.303 e. The van der Waals surface area contributed by atoms with Crippen LogP contribution in [-0.2, 0) is 14.3 Å². The topological polar surface area (TPSA) is 66.8 Å². The van der Waals surface area contributed by atoms with Gasteiger partial charge >= 0.3 is 5.97 Å². The molecule has 0 aromatic heterocycles. The molecule has 1 aliphatic rings. The van der Waals surface area contributed by atoms with Crippen molar-refractivity contribution in [2.24, 2.45) is 5.92 Å². The first kappa shape index (κ1) is 17.7. The molecule has 23 heavy (non-hydrogen) atoms. The van der Waals surface area contributed by atoms with Gasteiger partial charge in [0.05, 0.1) is 17.0 Å². The van der Waals surface area contributed by atoms with Gasteiger partial charge in [0.25, 0.3) is 0 Å². The number of carbonyl (C=O) groups excluding carboxylic acids is 1. The summed E-state index contributed by atoms with van der Waals surface area (Å²) in [5, 5.41) is 8.67. The molecule has 0 unspecified atom stereocenters. The number of ether oxygens (including phenoxy) is 1. The third-order valence-corrected chi connectivity index (χ3v) is 4.25. The summed E-state index contributed by atoms with van der Waals surface area (Å²) in [6.07, 6.45) is 0.462. The van der Waals surface area contributed by atoms with Gasteiger partial charge in [0.1, 0.15) is 5.82 Å². The van der Waals surface area contributed by atoms with E-state index in [9.17, 15) is 14.0 Å². The number of rotatable bonds is 6. The Morgan fingerprint density at radius 3 is 2.87 bits per heavy atom. The van der Waals surface area contributed by atoms with E-state index < -0.39 is 23.8 Å². The monoisotopic (exact) mass is 343 g/mol. The molecule has 0 spiro atoms. The van der Waals surface area contributed by atoms with E-state index in [2.05, 4.69) is 0 Å². The average Bonchev–Trinajstić information content (AvgIpc) is 2.98. The highest BCUT2D eigenvalue weighted by Gasteiger charge is 2.36. The fourth-order valence-electron chi connectivity index (χ4n) is 2.72. The largest absolute Gasteiger partial charge is 0.481 e. The summed E-state index contributed by atoms with van der Waals surface area (Å²) in [5.74, 6) is -1.94. The molecule has 2 rings (SSSR count). The summed E-state index contributed by atoms with van der Waals surface area (Å²) in [4.78, 5) is 24.6. The van der Waals surface area contributed by atoms with Gasteiger partial charge in [-0.05, 0) is 30.5 Å². The molecule has 0 bridgehead atoms. The highest BCUT2D eigenvalue weighted by atomic mass is 35.5. The third kappa shape index (κ3) is 4.42. The van der Waals surface area contributed by atoms with E-state index in [0.717, 1.165) is 0 Å². The molecule has 1 aromatic rings. The van der Waals surface area contributed by atoms with Crippen molar-refractivity contribution in [3.05, 3.63) is 34.6 Å². The quantitative estimate of drug-likeness (QED) is 0.862. The summed E-state index contributed by atoms with van der Waals surface area (Å²) in [6.45, 7) is 0.789. The van der Waals surface area contributed by atoms with Crippen LogP contribution in [0.15, 0.2) is 18.2 Å². The molecule has 1 heterocycles. The van der Waals surface area contributed by atoms with Crippen molar-refractivity contribution in [3.8, 4) is 0 Å². The van der Waals surface area contributed by atoms with E-state index in [4.69, 9.17) is 21.4 Å². The van der Waals surface area contributed by atoms with Gasteiger partial charge < -0.3 is 14.7 Å². The van der Waals surface area contributed by atoms with E-state index in [1.807, 2.05) is 0 Å². The number of hydrogen-bond acceptors (Lipinski definition) is 3. The first-order valence-corrected chi connectivity index (χ1v) is 7.81. The Bertz CT molecular complexity index is 595. The number of carboxylic acids is 1. The van der Waals surface area contributed by atoms with Crippen LogP contribution in [0.2, 0.25) is 5.02 Å². The number of hydrogen-bond donors (Lipinski definition) is 1. The molecule has 0 saturated carbocycles. The van der Waals surface area contributed by atoms with Crippen molar-refractivity contribution in [2.75, 3.05) is 20.2 Å². The zero-order valence-electron chi connectivity index (χ0n) is 12.8. The standard InChI is InChI=1S/C16H19ClFNO4/c1-19(7-2-3-14(20)21)16(22)11-6-8-23-15(11)10-4-5-12(17)13(18)9-10/h4-5,9,11,15H,2-3,6-8H2,1H3,(H,20,21)/t11-,15+/m1/s1. The van der Waals surface area contributed by atoms with Crippen molar-refractivity contribution >= 4 is 23.5 Å². The minimum absolute atomic E-state index is 0.0185. The molecule has 1 saturated heterocycles. The van der Waals surface area contributed by atoms with Crippen LogP contribution in [0, 0.1) is 11.7 Å². The lowest BCUT2D eigenvalue weighted by Crippen LogP contribution is -2.35. The molecule has 126 valence electrons. The minimum Gasteiger partial charge on any atom is -0.481 e. The summed E-state index contributed by atoms with van der Waals surface area (Å²) in [7, 11) is 1.64. The van der Waals surface area contributed by atoms with E-state index in [1.54, 1.807) is 13.1 Å². The van der Waals surface area contributed by atoms with Crippen molar-refractivity contribution in [1.29, 1.82) is 0 Å². The zero-order chi connectivity index (χ0) is 17.0. The summed E-state index contributed by atoms with van der Waals surface area (Å²) >= 11 is 5.68. The van der Waals surface area contributed by atoms with Crippen LogP contribution in [0.5, 0.6) is 0 Å². The predicted molar refractivity (Wildman–Crippen MR) is 82.7 cm³/mol. The van der Waals surface area contributed by atoms with E-state index in [-0.39, 0.29) is 17.4 Å². The number of aliphatic carboxylic acids is 1. The fraction of sp³-hybridized carbons (Fsp3) is 0.500. The molecule has 1 aliphatic heterocycles. The van der Waals surface area contributed by atoms with Gasteiger partial charge in [0, 0.05) is 26.6 Å². The first-order valence-electron chi connectivity index (χ1n) is 7.43. The molecule has 0 radical (unpaired) electrons. The normalized spacial score (nSPS) is 20.5. The van der Waals surface area contributed by atoms with Gasteiger partial charge in [-0.15, -0.1) is 0 Å². The van der Waals surface area contributed by atoms with Gasteiger partial charge in [0.2, 0.25) is 5.91 Å². The lowest BCUT2D eigenvalue weighted by Gasteiger charge is -2.24. The number of amides is 1. The first-order chi connectivity index (χ1) is 10.9. The van der Waals surface area contributed by atoms with Gasteiger partial charge in [-0.25, -0.2) is 4.39 Å². The molecular weight excluding hydrogens is 325 g/mol. The zero-order valence-corrected chi connectivity index (χ0v) is 13.6. The lowest BCUT2D eigenvalue weighted by atomic mass is 9.94. The maximum atomic E-state index is 13.6. The Labute approximate surface area is 139 Å². The van der Waals surface area contributed by atoms with Crippen LogP contribution < -0.4 is 0 Å². The molecular formula is C16H19ClFNO4. The molecule has 1 aromatic carbocycles. The summed E-state index contributed by atoms with van der Waals surface area (Å²) < 4.78 is 19.2. The Morgan fingerprint density at radius 1 is 1.48 bits per heavy atom. The molecule has 7 heteroatoms. The number of benzene rings is 1. The summed E-state index contributed by atoms with van der Waals surface area (Å²) in [6, 6.07) is 4.40. The van der Waals surface area contributed by atoms with Gasteiger partial charge in [0.15, 0.2) is 0 Å². The van der Waals surface area contributed by atoms with Gasteiger partial charge in [-0.3, -0.25) is 9.59 Å². The van der Waals surface area contributed by atoms with E-state index in [1.165, 1.54) is 17.0 Å². The van der Waals surface area contributed by atoms with Crippen LogP contribution in [0.3, 0.4) is 0 Å². The lowest BCUT2D eigenvalue weighted by molar-refractivity contribution is -0.139. The predicted octanol–water partition coefficient (Wildman–Crippen LogP) is 2.88. The highest BCUT2D eigenvalue weighted by Crippen LogP contribution is 2.36. The van der Waals surface area contributed by atoms with Crippen LogP contribution in [0.25, 0.3) is 0 Å². The van der Waals surface area contributed by atoms with Crippen molar-refractivity contribution in [1.82, 2.24) is 4.90 Å². The van der Waals surface area contributed by atoms with E-state index >= 15 is 0 Å². The Hall–Kier alpha value is -1.66. The van der Waals surface area contributed by atoms with Crippen molar-refractivity contribution in [3.63, 3.8) is 0 Å². The third-order valence-electron chi connectivity index (χ3n) is 3.94. The molecule has 1 fully saturated rings.